The van der Waals surface area contributed by atoms with Gasteiger partial charge in [-0.25, -0.2) is 8.42 Å². The molecule has 0 fully saturated rings. The Labute approximate surface area is 132 Å². The van der Waals surface area contributed by atoms with Crippen LogP contribution in [-0.4, -0.2) is 20.9 Å². The Kier molecular flexibility index (Phi) is 3.58. The van der Waals surface area contributed by atoms with Gasteiger partial charge in [-0.05, 0) is 35.7 Å². The van der Waals surface area contributed by atoms with Gasteiger partial charge in [0.05, 0.1) is 16.7 Å². The highest BCUT2D eigenvalue weighted by molar-refractivity contribution is 7.93. The predicted molar refractivity (Wildman–Crippen MR) is 80.5 cm³/mol. The van der Waals surface area contributed by atoms with E-state index in [1.54, 1.807) is 12.1 Å². The Balaban J connectivity index is 2.12. The van der Waals surface area contributed by atoms with Gasteiger partial charge in [0.1, 0.15) is 4.90 Å². The van der Waals surface area contributed by atoms with Crippen LogP contribution in [0, 0.1) is 0 Å². The number of carbonyl (C=O) groups excluding carboxylic acids is 1. The number of nitrogens with zero attached hydrogens (tertiary/aromatic N) is 1. The SMILES string of the molecule is O=C([O-])c1ccc(Cl)c(S(=O)(=O)N2CCc3ccccc32)c1. The monoisotopic (exact) mass is 336 g/mol. The van der Waals surface area contributed by atoms with Crippen molar-refractivity contribution in [3.63, 3.8) is 0 Å². The zero-order valence-corrected chi connectivity index (χ0v) is 12.9. The van der Waals surface area contributed by atoms with Crippen molar-refractivity contribution in [3.05, 3.63) is 58.6 Å². The molecule has 1 aliphatic rings. The Hall–Kier alpha value is -2.05. The number of aromatic carboxylic acids is 1. The number of anilines is 1. The van der Waals surface area contributed by atoms with E-state index in [-0.39, 0.29) is 15.5 Å². The molecule has 0 unspecified atom stereocenters. The highest BCUT2D eigenvalue weighted by Gasteiger charge is 2.32. The zero-order valence-electron chi connectivity index (χ0n) is 11.3. The highest BCUT2D eigenvalue weighted by atomic mass is 35.5. The van der Waals surface area contributed by atoms with Crippen molar-refractivity contribution in [2.24, 2.45) is 0 Å². The molecule has 0 aliphatic carbocycles. The van der Waals surface area contributed by atoms with Crippen LogP contribution >= 0.6 is 11.6 Å². The van der Waals surface area contributed by atoms with Gasteiger partial charge in [-0.15, -0.1) is 0 Å². The van der Waals surface area contributed by atoms with E-state index >= 15 is 0 Å². The van der Waals surface area contributed by atoms with Gasteiger partial charge in [0.25, 0.3) is 10.0 Å². The third kappa shape index (κ3) is 2.34. The first-order chi connectivity index (χ1) is 10.4. The smallest absolute Gasteiger partial charge is 0.265 e. The Bertz CT molecular complexity index is 864. The summed E-state index contributed by atoms with van der Waals surface area (Å²) in [5, 5.41) is 10.9. The number of carbonyl (C=O) groups is 1. The average Bonchev–Trinajstić information content (AvgIpc) is 2.91. The highest BCUT2D eigenvalue weighted by Crippen LogP contribution is 2.35. The summed E-state index contributed by atoms with van der Waals surface area (Å²) in [6.45, 7) is 0.299. The van der Waals surface area contributed by atoms with Crippen molar-refractivity contribution >= 4 is 33.3 Å². The molecule has 0 radical (unpaired) electrons. The van der Waals surface area contributed by atoms with E-state index < -0.39 is 16.0 Å². The van der Waals surface area contributed by atoms with Gasteiger partial charge in [0.15, 0.2) is 0 Å². The summed E-state index contributed by atoms with van der Waals surface area (Å²) in [5.74, 6) is -1.45. The molecule has 0 N–H and O–H groups in total. The fourth-order valence-electron chi connectivity index (χ4n) is 2.50. The number of carboxylic acid groups (broad SMARTS) is 1. The summed E-state index contributed by atoms with van der Waals surface area (Å²) in [7, 11) is -3.93. The van der Waals surface area contributed by atoms with Gasteiger partial charge in [0, 0.05) is 6.54 Å². The predicted octanol–water partition coefficient (Wildman–Crippen LogP) is 1.45. The van der Waals surface area contributed by atoms with Crippen molar-refractivity contribution < 1.29 is 18.3 Å². The number of hydrogen-bond acceptors (Lipinski definition) is 4. The third-order valence-electron chi connectivity index (χ3n) is 3.58. The second-order valence-corrected chi connectivity index (χ2v) is 7.13. The zero-order chi connectivity index (χ0) is 15.9. The van der Waals surface area contributed by atoms with Crippen molar-refractivity contribution in [1.29, 1.82) is 0 Å². The number of halogens is 1. The van der Waals surface area contributed by atoms with Crippen molar-refractivity contribution in [1.82, 2.24) is 0 Å². The first-order valence-corrected chi connectivity index (χ1v) is 8.34. The van der Waals surface area contributed by atoms with Crippen LogP contribution in [0.15, 0.2) is 47.4 Å². The molecule has 0 saturated carbocycles. The van der Waals surface area contributed by atoms with Crippen LogP contribution in [0.1, 0.15) is 15.9 Å². The molecule has 0 atom stereocenters. The van der Waals surface area contributed by atoms with Crippen molar-refractivity contribution in [3.8, 4) is 0 Å². The fraction of sp³-hybridized carbons (Fsp3) is 0.133. The molecule has 0 spiro atoms. The molecule has 2 aromatic rings. The van der Waals surface area contributed by atoms with E-state index in [4.69, 9.17) is 11.6 Å². The van der Waals surface area contributed by atoms with E-state index in [9.17, 15) is 18.3 Å². The summed E-state index contributed by atoms with van der Waals surface area (Å²) in [4.78, 5) is 10.7. The van der Waals surface area contributed by atoms with E-state index in [0.717, 1.165) is 11.6 Å². The Morgan fingerprint density at radius 1 is 1.18 bits per heavy atom. The summed E-state index contributed by atoms with van der Waals surface area (Å²) in [6.07, 6.45) is 0.604. The summed E-state index contributed by atoms with van der Waals surface area (Å²) < 4.78 is 26.9. The summed E-state index contributed by atoms with van der Waals surface area (Å²) >= 11 is 5.97. The molecule has 0 aromatic heterocycles. The van der Waals surface area contributed by atoms with E-state index in [1.807, 2.05) is 12.1 Å². The first-order valence-electron chi connectivity index (χ1n) is 6.53. The van der Waals surface area contributed by atoms with Gasteiger partial charge < -0.3 is 9.90 Å². The second kappa shape index (κ2) is 5.30. The molecule has 1 heterocycles. The van der Waals surface area contributed by atoms with Crippen LogP contribution in [0.2, 0.25) is 5.02 Å². The van der Waals surface area contributed by atoms with Crippen LogP contribution in [0.3, 0.4) is 0 Å². The van der Waals surface area contributed by atoms with Crippen LogP contribution in [-0.2, 0) is 16.4 Å². The lowest BCUT2D eigenvalue weighted by Crippen LogP contribution is -2.30. The van der Waals surface area contributed by atoms with Crippen LogP contribution in [0.25, 0.3) is 0 Å². The standard InChI is InChI=1S/C15H12ClNO4S/c16-12-6-5-11(15(18)19)9-14(12)22(20,21)17-8-7-10-3-1-2-4-13(10)17/h1-6,9H,7-8H2,(H,18,19)/p-1. The maximum Gasteiger partial charge on any atom is 0.265 e. The number of rotatable bonds is 3. The van der Waals surface area contributed by atoms with E-state index in [0.29, 0.717) is 18.7 Å². The minimum Gasteiger partial charge on any atom is -0.545 e. The van der Waals surface area contributed by atoms with Gasteiger partial charge >= 0.3 is 0 Å². The lowest BCUT2D eigenvalue weighted by Gasteiger charge is -2.20. The van der Waals surface area contributed by atoms with Crippen LogP contribution in [0.4, 0.5) is 5.69 Å². The molecule has 114 valence electrons. The lowest BCUT2D eigenvalue weighted by molar-refractivity contribution is -0.255. The quantitative estimate of drug-likeness (QED) is 0.850. The molecule has 2 aromatic carbocycles. The van der Waals surface area contributed by atoms with Gasteiger partial charge in [-0.1, -0.05) is 35.9 Å². The molecule has 22 heavy (non-hydrogen) atoms. The number of benzene rings is 2. The first kappa shape index (κ1) is 14.9. The molecule has 0 amide bonds. The third-order valence-corrected chi connectivity index (χ3v) is 5.87. The van der Waals surface area contributed by atoms with Crippen molar-refractivity contribution in [2.45, 2.75) is 11.3 Å². The van der Waals surface area contributed by atoms with Crippen molar-refractivity contribution in [2.75, 3.05) is 10.8 Å². The normalized spacial score (nSPS) is 14.0. The van der Waals surface area contributed by atoms with E-state index in [1.165, 1.54) is 16.4 Å². The van der Waals surface area contributed by atoms with Gasteiger partial charge in [0.2, 0.25) is 0 Å². The lowest BCUT2D eigenvalue weighted by atomic mass is 10.2. The maximum absolute atomic E-state index is 12.8. The molecule has 5 nitrogen and oxygen atoms in total. The Morgan fingerprint density at radius 2 is 1.91 bits per heavy atom. The maximum atomic E-state index is 12.8. The number of para-hydroxylation sites is 1. The number of fused-ring (bicyclic) bond motifs is 1. The molecule has 3 rings (SSSR count). The number of sulfonamides is 1. The summed E-state index contributed by atoms with van der Waals surface area (Å²) in [5.41, 5.74) is 1.30. The largest absolute Gasteiger partial charge is 0.545 e. The molecular formula is C15H11ClNO4S-. The minimum atomic E-state index is -3.93. The second-order valence-electron chi connectivity index (χ2n) is 4.89. The van der Waals surface area contributed by atoms with Crippen LogP contribution < -0.4 is 9.41 Å². The fourth-order valence-corrected chi connectivity index (χ4v) is 4.51. The van der Waals surface area contributed by atoms with Gasteiger partial charge in [-0.2, -0.15) is 0 Å². The average molecular weight is 337 g/mol. The van der Waals surface area contributed by atoms with Crippen LogP contribution in [0.5, 0.6) is 0 Å². The number of carboxylic acids is 1. The molecule has 7 heteroatoms. The number of hydrogen-bond donors (Lipinski definition) is 0. The molecule has 0 bridgehead atoms. The molecule has 0 saturated heterocycles. The molecular weight excluding hydrogens is 326 g/mol. The molecule has 1 aliphatic heterocycles. The van der Waals surface area contributed by atoms with E-state index in [2.05, 4.69) is 0 Å². The van der Waals surface area contributed by atoms with Gasteiger partial charge in [-0.3, -0.25) is 4.31 Å². The topological polar surface area (TPSA) is 77.5 Å². The summed E-state index contributed by atoms with van der Waals surface area (Å²) in [6, 6.07) is 10.7. The Morgan fingerprint density at radius 3 is 2.64 bits per heavy atom. The minimum absolute atomic E-state index is 0.0191.